The summed E-state index contributed by atoms with van der Waals surface area (Å²) in [5.74, 6) is -8.56. The number of aliphatic carboxylic acids is 6. The van der Waals surface area contributed by atoms with Gasteiger partial charge in [0, 0.05) is 13.1 Å². The van der Waals surface area contributed by atoms with E-state index in [1.165, 1.54) is 0 Å². The predicted molar refractivity (Wildman–Crippen MR) is 78.7 cm³/mol. The second kappa shape index (κ2) is 13.1. The van der Waals surface area contributed by atoms with E-state index >= 15 is 0 Å². The molecule has 0 aromatic carbocycles. The van der Waals surface area contributed by atoms with Crippen LogP contribution in [0.15, 0.2) is 0 Å². The molecule has 0 aliphatic heterocycles. The molecule has 0 radical (unpaired) electrons. The van der Waals surface area contributed by atoms with Gasteiger partial charge in [-0.3, -0.25) is 29.0 Å². The number of carbonyl (C=O) groups is 6. The number of rotatable bonds is 11. The number of hydrogen-bond acceptors (Lipinski definition) is 8. The average molecular weight is 382 g/mol. The van der Waals surface area contributed by atoms with Crippen LogP contribution in [0.4, 0.5) is 0 Å². The van der Waals surface area contributed by atoms with Crippen molar-refractivity contribution < 1.29 is 59.4 Å². The van der Waals surface area contributed by atoms with Crippen LogP contribution in [-0.2, 0) is 28.8 Å². The molecule has 0 unspecified atom stereocenters. The lowest BCUT2D eigenvalue weighted by Gasteiger charge is -2.23. The van der Waals surface area contributed by atoms with Gasteiger partial charge in [-0.1, -0.05) is 0 Å². The van der Waals surface area contributed by atoms with Gasteiger partial charge in [0.05, 0.1) is 26.2 Å². The van der Waals surface area contributed by atoms with Gasteiger partial charge in [-0.25, -0.2) is 9.59 Å². The summed E-state index contributed by atoms with van der Waals surface area (Å²) in [5.41, 5.74) is 0. The van der Waals surface area contributed by atoms with Crippen LogP contribution in [0.3, 0.4) is 0 Å². The van der Waals surface area contributed by atoms with Crippen LogP contribution < -0.4 is 0 Å². The van der Waals surface area contributed by atoms with E-state index in [1.807, 2.05) is 0 Å². The van der Waals surface area contributed by atoms with Crippen molar-refractivity contribution in [2.45, 2.75) is 0 Å². The van der Waals surface area contributed by atoms with Crippen LogP contribution >= 0.6 is 0 Å². The molecule has 0 aliphatic carbocycles. The molecule has 0 heterocycles. The second-order valence-corrected chi connectivity index (χ2v) is 4.61. The van der Waals surface area contributed by atoms with E-state index in [4.69, 9.17) is 40.2 Å². The van der Waals surface area contributed by atoms with Gasteiger partial charge >= 0.3 is 35.8 Å². The van der Waals surface area contributed by atoms with Gasteiger partial charge < -0.3 is 30.6 Å². The van der Waals surface area contributed by atoms with Crippen LogP contribution in [-0.4, -0.2) is 116 Å². The maximum absolute atomic E-state index is 10.6. The summed E-state index contributed by atoms with van der Waals surface area (Å²) in [6, 6.07) is 0. The molecule has 26 heavy (non-hydrogen) atoms. The van der Waals surface area contributed by atoms with Gasteiger partial charge in [0.2, 0.25) is 0 Å². The second-order valence-electron chi connectivity index (χ2n) is 4.61. The molecule has 0 bridgehead atoms. The molecule has 0 aromatic rings. The molecule has 0 saturated carbocycles. The highest BCUT2D eigenvalue weighted by Gasteiger charge is 2.18. The van der Waals surface area contributed by atoms with Crippen LogP contribution in [0.2, 0.25) is 0 Å². The Labute approximate surface area is 145 Å². The van der Waals surface area contributed by atoms with Crippen molar-refractivity contribution in [1.82, 2.24) is 9.80 Å². The van der Waals surface area contributed by atoms with E-state index in [0.717, 1.165) is 9.80 Å². The third kappa shape index (κ3) is 17.1. The summed E-state index contributed by atoms with van der Waals surface area (Å²) in [5, 5.41) is 49.2. The average Bonchev–Trinajstić information content (AvgIpc) is 2.42. The zero-order valence-corrected chi connectivity index (χ0v) is 13.3. The van der Waals surface area contributed by atoms with Crippen LogP contribution in [0, 0.1) is 0 Å². The highest BCUT2D eigenvalue weighted by atomic mass is 16.4. The minimum atomic E-state index is -1.82. The quantitative estimate of drug-likeness (QED) is 0.197. The normalized spacial score (nSPS) is 9.92. The van der Waals surface area contributed by atoms with Crippen molar-refractivity contribution in [3.05, 3.63) is 0 Å². The Morgan fingerprint density at radius 2 is 0.654 bits per heavy atom. The highest BCUT2D eigenvalue weighted by Crippen LogP contribution is 1.94. The Balaban J connectivity index is 0. The maximum atomic E-state index is 10.6. The summed E-state index contributed by atoms with van der Waals surface area (Å²) < 4.78 is 0. The van der Waals surface area contributed by atoms with Crippen LogP contribution in [0.25, 0.3) is 0 Å². The SMILES string of the molecule is O=C(O)C(=O)O.O=C(O)CN(CCN(CC(=O)O)CC(=O)O)CC(=O)O. The summed E-state index contributed by atoms with van der Waals surface area (Å²) in [7, 11) is 0. The summed E-state index contributed by atoms with van der Waals surface area (Å²) >= 11 is 0. The molecule has 0 aromatic heterocycles. The molecule has 0 fully saturated rings. The lowest BCUT2D eigenvalue weighted by molar-refractivity contribution is -0.159. The van der Waals surface area contributed by atoms with Crippen molar-refractivity contribution in [3.8, 4) is 0 Å². The lowest BCUT2D eigenvalue weighted by Crippen LogP contribution is -2.43. The van der Waals surface area contributed by atoms with Crippen LogP contribution in [0.5, 0.6) is 0 Å². The minimum Gasteiger partial charge on any atom is -0.480 e. The largest absolute Gasteiger partial charge is 0.480 e. The molecule has 0 aliphatic rings. The van der Waals surface area contributed by atoms with Crippen molar-refractivity contribution in [1.29, 1.82) is 0 Å². The predicted octanol–water partition coefficient (Wildman–Crippen LogP) is -2.92. The van der Waals surface area contributed by atoms with Crippen molar-refractivity contribution in [2.75, 3.05) is 39.3 Å². The van der Waals surface area contributed by atoms with E-state index in [0.29, 0.717) is 0 Å². The molecule has 148 valence electrons. The van der Waals surface area contributed by atoms with E-state index in [-0.39, 0.29) is 13.1 Å². The number of hydrogen-bond donors (Lipinski definition) is 6. The van der Waals surface area contributed by atoms with Gasteiger partial charge in [0.25, 0.3) is 0 Å². The Bertz CT molecular complexity index is 466. The topological polar surface area (TPSA) is 230 Å². The number of nitrogens with zero attached hydrogens (tertiary/aromatic N) is 2. The molecule has 0 rings (SSSR count). The first-order valence-corrected chi connectivity index (χ1v) is 6.63. The number of carboxylic acid groups (broad SMARTS) is 6. The van der Waals surface area contributed by atoms with Gasteiger partial charge in [0.1, 0.15) is 0 Å². The van der Waals surface area contributed by atoms with Crippen molar-refractivity contribution in [3.63, 3.8) is 0 Å². The van der Waals surface area contributed by atoms with Crippen LogP contribution in [0.1, 0.15) is 0 Å². The first-order chi connectivity index (χ1) is 11.8. The molecule has 0 spiro atoms. The van der Waals surface area contributed by atoms with Crippen molar-refractivity contribution >= 4 is 35.8 Å². The van der Waals surface area contributed by atoms with Gasteiger partial charge in [-0.05, 0) is 0 Å². The highest BCUT2D eigenvalue weighted by molar-refractivity contribution is 6.27. The van der Waals surface area contributed by atoms with Gasteiger partial charge in [-0.2, -0.15) is 0 Å². The summed E-state index contributed by atoms with van der Waals surface area (Å²) in [6.45, 7) is -2.25. The molecule has 14 heteroatoms. The van der Waals surface area contributed by atoms with E-state index in [2.05, 4.69) is 0 Å². The smallest absolute Gasteiger partial charge is 0.414 e. The first-order valence-electron chi connectivity index (χ1n) is 6.63. The summed E-state index contributed by atoms with van der Waals surface area (Å²) in [4.78, 5) is 62.6. The maximum Gasteiger partial charge on any atom is 0.414 e. The molecule has 6 N–H and O–H groups in total. The fourth-order valence-corrected chi connectivity index (χ4v) is 1.48. The minimum absolute atomic E-state index is 0.0703. The molecule has 14 nitrogen and oxygen atoms in total. The Hall–Kier alpha value is -3.26. The third-order valence-corrected chi connectivity index (χ3v) is 2.35. The van der Waals surface area contributed by atoms with Crippen molar-refractivity contribution in [2.24, 2.45) is 0 Å². The Morgan fingerprint density at radius 1 is 0.462 bits per heavy atom. The number of carboxylic acids is 6. The fraction of sp³-hybridized carbons (Fsp3) is 0.500. The third-order valence-electron chi connectivity index (χ3n) is 2.35. The van der Waals surface area contributed by atoms with Gasteiger partial charge in [-0.15, -0.1) is 0 Å². The first kappa shape index (κ1) is 25.0. The molecule has 0 atom stereocenters. The van der Waals surface area contributed by atoms with E-state index < -0.39 is 62.0 Å². The Morgan fingerprint density at radius 3 is 0.769 bits per heavy atom. The van der Waals surface area contributed by atoms with Gasteiger partial charge in [0.15, 0.2) is 0 Å². The zero-order valence-electron chi connectivity index (χ0n) is 13.3. The molecule has 0 saturated heterocycles. The molecule has 0 amide bonds. The fourth-order valence-electron chi connectivity index (χ4n) is 1.48. The summed E-state index contributed by atoms with van der Waals surface area (Å²) in [6.07, 6.45) is 0. The monoisotopic (exact) mass is 382 g/mol. The zero-order chi connectivity index (χ0) is 20.9. The van der Waals surface area contributed by atoms with E-state index in [1.54, 1.807) is 0 Å². The lowest BCUT2D eigenvalue weighted by atomic mass is 10.4. The van der Waals surface area contributed by atoms with E-state index in [9.17, 15) is 19.2 Å². The molecular formula is C12H18N2O12. The standard InChI is InChI=1S/C10H16N2O8.C2H2O4/c13-7(14)3-11(4-8(15)16)1-2-12(5-9(17)18)6-10(19)20;3-1(4)2(5)6/h1-6H2,(H,13,14)(H,15,16)(H,17,18)(H,19,20);(H,3,4)(H,5,6). The Kier molecular flexibility index (Phi) is 12.6. The molecular weight excluding hydrogens is 364 g/mol.